The van der Waals surface area contributed by atoms with E-state index in [2.05, 4.69) is 10.7 Å². The first-order chi connectivity index (χ1) is 12.2. The van der Waals surface area contributed by atoms with Gasteiger partial charge in [-0.25, -0.2) is 12.7 Å². The molecular formula is C17H24N3O4S2+. The minimum atomic E-state index is -3.68. The highest BCUT2D eigenvalue weighted by atomic mass is 32.2. The number of nitrogens with one attached hydrogen (secondary N) is 2. The van der Waals surface area contributed by atoms with Crippen molar-refractivity contribution in [2.24, 2.45) is 0 Å². The maximum absolute atomic E-state index is 12.4. The molecular weight excluding hydrogens is 374 g/mol. The maximum atomic E-state index is 12.4. The minimum absolute atomic E-state index is 0.0155. The van der Waals surface area contributed by atoms with Crippen LogP contribution in [0.3, 0.4) is 0 Å². The van der Waals surface area contributed by atoms with Crippen molar-refractivity contribution < 1.29 is 22.8 Å². The van der Waals surface area contributed by atoms with Crippen LogP contribution < -0.4 is 15.0 Å². The number of amides is 1. The summed E-state index contributed by atoms with van der Waals surface area (Å²) in [7, 11) is 2.56. The summed E-state index contributed by atoms with van der Waals surface area (Å²) in [5.74, 6) is 0.0491. The lowest BCUT2D eigenvalue weighted by molar-refractivity contribution is -0.885. The SMILES string of the molecule is COc1ccc(NC(=O)C[NH+](C)Cc2ccsc2)cc1S(=O)(=O)N(C)C. The van der Waals surface area contributed by atoms with Gasteiger partial charge >= 0.3 is 0 Å². The first kappa shape index (κ1) is 20.4. The number of quaternary nitrogens is 1. The second-order valence-electron chi connectivity index (χ2n) is 6.14. The maximum Gasteiger partial charge on any atom is 0.279 e. The average molecular weight is 399 g/mol. The van der Waals surface area contributed by atoms with Crippen LogP contribution in [-0.2, 0) is 21.4 Å². The van der Waals surface area contributed by atoms with E-state index in [1.165, 1.54) is 38.9 Å². The molecule has 26 heavy (non-hydrogen) atoms. The zero-order chi connectivity index (χ0) is 19.3. The number of rotatable bonds is 8. The Labute approximate surface area is 158 Å². The van der Waals surface area contributed by atoms with E-state index in [-0.39, 0.29) is 23.1 Å². The Balaban J connectivity index is 2.10. The summed E-state index contributed by atoms with van der Waals surface area (Å²) in [6.07, 6.45) is 0. The standard InChI is InChI=1S/C17H23N3O4S2/c1-19(2)26(22,23)16-9-14(5-6-15(16)24-4)18-17(21)11-20(3)10-13-7-8-25-12-13/h5-9,12H,10-11H2,1-4H3,(H,18,21)/p+1. The number of nitrogens with zero attached hydrogens (tertiary/aromatic N) is 1. The van der Waals surface area contributed by atoms with Crippen molar-refractivity contribution in [2.75, 3.05) is 40.1 Å². The molecule has 9 heteroatoms. The molecule has 2 rings (SSSR count). The van der Waals surface area contributed by atoms with Crippen molar-refractivity contribution >= 4 is 33.0 Å². The number of likely N-dealkylation sites (N-methyl/N-ethyl adjacent to an activating group) is 1. The molecule has 1 aromatic heterocycles. The lowest BCUT2D eigenvalue weighted by Crippen LogP contribution is -3.08. The number of hydrogen-bond acceptors (Lipinski definition) is 5. The Morgan fingerprint density at radius 2 is 2.04 bits per heavy atom. The van der Waals surface area contributed by atoms with E-state index < -0.39 is 10.0 Å². The van der Waals surface area contributed by atoms with Crippen LogP contribution in [0.25, 0.3) is 0 Å². The van der Waals surface area contributed by atoms with Crippen molar-refractivity contribution in [3.8, 4) is 5.75 Å². The fraction of sp³-hybridized carbons (Fsp3) is 0.353. The molecule has 2 N–H and O–H groups in total. The number of benzene rings is 1. The summed E-state index contributed by atoms with van der Waals surface area (Å²) in [4.78, 5) is 13.3. The average Bonchev–Trinajstić information content (AvgIpc) is 3.07. The Morgan fingerprint density at radius 1 is 1.31 bits per heavy atom. The van der Waals surface area contributed by atoms with Crippen LogP contribution in [0.4, 0.5) is 5.69 Å². The third-order valence-electron chi connectivity index (χ3n) is 3.75. The first-order valence-electron chi connectivity index (χ1n) is 7.97. The van der Waals surface area contributed by atoms with Crippen molar-refractivity contribution in [3.05, 3.63) is 40.6 Å². The zero-order valence-electron chi connectivity index (χ0n) is 15.3. The Bertz CT molecular complexity index is 849. The summed E-state index contributed by atoms with van der Waals surface area (Å²) < 4.78 is 31.1. The topological polar surface area (TPSA) is 80.1 Å². The van der Waals surface area contributed by atoms with Gasteiger partial charge in [-0.2, -0.15) is 11.3 Å². The first-order valence-corrected chi connectivity index (χ1v) is 10.3. The number of thiophene rings is 1. The van der Waals surface area contributed by atoms with E-state index in [9.17, 15) is 13.2 Å². The van der Waals surface area contributed by atoms with Crippen LogP contribution in [0, 0.1) is 0 Å². The molecule has 1 heterocycles. The molecule has 7 nitrogen and oxygen atoms in total. The fourth-order valence-corrected chi connectivity index (χ4v) is 4.18. The molecule has 0 aliphatic heterocycles. The summed E-state index contributed by atoms with van der Waals surface area (Å²) in [5.41, 5.74) is 1.60. The number of hydrogen-bond donors (Lipinski definition) is 2. The van der Waals surface area contributed by atoms with Crippen LogP contribution in [0.1, 0.15) is 5.56 Å². The van der Waals surface area contributed by atoms with E-state index in [0.717, 1.165) is 15.7 Å². The van der Waals surface area contributed by atoms with Gasteiger partial charge in [-0.15, -0.1) is 0 Å². The van der Waals surface area contributed by atoms with E-state index >= 15 is 0 Å². The van der Waals surface area contributed by atoms with Gasteiger partial charge in [-0.1, -0.05) is 0 Å². The van der Waals surface area contributed by atoms with Crippen molar-refractivity contribution in [1.82, 2.24) is 4.31 Å². The van der Waals surface area contributed by atoms with Crippen LogP contribution in [0.15, 0.2) is 39.9 Å². The monoisotopic (exact) mass is 398 g/mol. The highest BCUT2D eigenvalue weighted by molar-refractivity contribution is 7.89. The van der Waals surface area contributed by atoms with Crippen molar-refractivity contribution in [1.29, 1.82) is 0 Å². The Hall–Kier alpha value is -1.94. The van der Waals surface area contributed by atoms with Crippen LogP contribution in [0.5, 0.6) is 5.75 Å². The molecule has 0 bridgehead atoms. The molecule has 0 aliphatic carbocycles. The van der Waals surface area contributed by atoms with Crippen LogP contribution in [-0.4, -0.2) is 53.4 Å². The van der Waals surface area contributed by atoms with Crippen molar-refractivity contribution in [2.45, 2.75) is 11.4 Å². The highest BCUT2D eigenvalue weighted by Crippen LogP contribution is 2.28. The summed E-state index contributed by atoms with van der Waals surface area (Å²) in [6, 6.07) is 6.61. The molecule has 1 atom stereocenters. The van der Waals surface area contributed by atoms with Crippen LogP contribution >= 0.6 is 11.3 Å². The number of carbonyl (C=O) groups is 1. The van der Waals surface area contributed by atoms with Crippen molar-refractivity contribution in [3.63, 3.8) is 0 Å². The molecule has 0 saturated carbocycles. The van der Waals surface area contributed by atoms with E-state index in [4.69, 9.17) is 4.74 Å². The predicted molar refractivity (Wildman–Crippen MR) is 102 cm³/mol. The van der Waals surface area contributed by atoms with E-state index in [1.807, 2.05) is 18.5 Å². The summed E-state index contributed by atoms with van der Waals surface area (Å²) >= 11 is 1.63. The lowest BCUT2D eigenvalue weighted by atomic mass is 10.3. The molecule has 2 aromatic rings. The number of anilines is 1. The second-order valence-corrected chi connectivity index (χ2v) is 9.04. The number of sulfonamides is 1. The third-order valence-corrected chi connectivity index (χ3v) is 6.32. The largest absolute Gasteiger partial charge is 0.495 e. The van der Waals surface area contributed by atoms with Gasteiger partial charge in [0.2, 0.25) is 10.0 Å². The third kappa shape index (κ3) is 5.04. The summed E-state index contributed by atoms with van der Waals surface area (Å²) in [6.45, 7) is 1.03. The Kier molecular flexibility index (Phi) is 6.76. The smallest absolute Gasteiger partial charge is 0.279 e. The van der Waals surface area contributed by atoms with Gasteiger partial charge in [0.15, 0.2) is 6.54 Å². The molecule has 142 valence electrons. The van der Waals surface area contributed by atoms with Gasteiger partial charge < -0.3 is 15.0 Å². The number of carbonyl (C=O) groups excluding carboxylic acids is 1. The molecule has 0 aliphatic rings. The van der Waals surface area contributed by atoms with Gasteiger partial charge in [0.25, 0.3) is 5.91 Å². The van der Waals surface area contributed by atoms with Crippen LogP contribution in [0.2, 0.25) is 0 Å². The molecule has 0 spiro atoms. The summed E-state index contributed by atoms with van der Waals surface area (Å²) in [5, 5.41) is 6.82. The molecule has 1 amide bonds. The van der Waals surface area contributed by atoms with E-state index in [0.29, 0.717) is 5.69 Å². The minimum Gasteiger partial charge on any atom is -0.495 e. The molecule has 1 aromatic carbocycles. The Morgan fingerprint density at radius 3 is 2.62 bits per heavy atom. The predicted octanol–water partition coefficient (Wildman–Crippen LogP) is 0.660. The van der Waals surface area contributed by atoms with Gasteiger partial charge in [0.05, 0.1) is 14.2 Å². The quantitative estimate of drug-likeness (QED) is 0.685. The normalized spacial score (nSPS) is 12.8. The molecule has 1 unspecified atom stereocenters. The molecule has 0 radical (unpaired) electrons. The fourth-order valence-electron chi connectivity index (χ4n) is 2.44. The van der Waals surface area contributed by atoms with Gasteiger partial charge in [0.1, 0.15) is 17.2 Å². The molecule has 0 saturated heterocycles. The van der Waals surface area contributed by atoms with E-state index in [1.54, 1.807) is 17.4 Å². The number of methoxy groups -OCH3 is 1. The highest BCUT2D eigenvalue weighted by Gasteiger charge is 2.23. The lowest BCUT2D eigenvalue weighted by Gasteiger charge is -2.16. The van der Waals surface area contributed by atoms with Gasteiger partial charge in [-0.05, 0) is 35.0 Å². The van der Waals surface area contributed by atoms with Gasteiger partial charge in [0, 0.05) is 25.3 Å². The molecule has 0 fully saturated rings. The zero-order valence-corrected chi connectivity index (χ0v) is 16.9. The second kappa shape index (κ2) is 8.63. The van der Waals surface area contributed by atoms with Gasteiger partial charge in [-0.3, -0.25) is 4.79 Å². The number of ether oxygens (including phenoxy) is 1.